The first-order valence-corrected chi connectivity index (χ1v) is 6.46. The van der Waals surface area contributed by atoms with Crippen molar-refractivity contribution in [2.45, 2.75) is 25.2 Å². The van der Waals surface area contributed by atoms with Gasteiger partial charge >= 0.3 is 0 Å². The smallest absolute Gasteiger partial charge is 0.115 e. The molecule has 0 aliphatic heterocycles. The van der Waals surface area contributed by atoms with Crippen molar-refractivity contribution in [3.8, 4) is 11.5 Å². The molecule has 0 bridgehead atoms. The van der Waals surface area contributed by atoms with Crippen molar-refractivity contribution in [1.29, 1.82) is 0 Å². The van der Waals surface area contributed by atoms with Crippen LogP contribution in [0.15, 0.2) is 42.5 Å². The molecule has 2 radical (unpaired) electrons. The summed E-state index contributed by atoms with van der Waals surface area (Å²) in [6, 6.07) is 12.8. The Hall–Kier alpha value is -1.96. The van der Waals surface area contributed by atoms with E-state index in [0.717, 1.165) is 29.5 Å². The summed E-state index contributed by atoms with van der Waals surface area (Å²) in [6.45, 7) is 2.16. The van der Waals surface area contributed by atoms with Crippen LogP contribution in [0.25, 0.3) is 0 Å². The van der Waals surface area contributed by atoms with Gasteiger partial charge in [-0.05, 0) is 53.8 Å². The van der Waals surface area contributed by atoms with Crippen LogP contribution in [0.1, 0.15) is 30.0 Å². The van der Waals surface area contributed by atoms with E-state index in [0.29, 0.717) is 5.75 Å². The Morgan fingerprint density at radius 2 is 1.68 bits per heavy atom. The third-order valence-corrected chi connectivity index (χ3v) is 3.90. The predicted molar refractivity (Wildman–Crippen MR) is 74.2 cm³/mol. The lowest BCUT2D eigenvalue weighted by Gasteiger charge is -2.34. The van der Waals surface area contributed by atoms with E-state index in [1.54, 1.807) is 18.2 Å². The molecule has 3 rings (SSSR count). The number of phenols is 2. The number of hydrogen-bond acceptors (Lipinski definition) is 2. The van der Waals surface area contributed by atoms with Gasteiger partial charge in [0.1, 0.15) is 11.5 Å². The lowest BCUT2D eigenvalue weighted by Crippen LogP contribution is -2.28. The van der Waals surface area contributed by atoms with Gasteiger partial charge < -0.3 is 10.2 Å². The summed E-state index contributed by atoms with van der Waals surface area (Å²) in [5.74, 6) is 0.599. The molecule has 0 amide bonds. The van der Waals surface area contributed by atoms with Gasteiger partial charge in [0.2, 0.25) is 0 Å². The average molecular weight is 252 g/mol. The summed E-state index contributed by atoms with van der Waals surface area (Å²) >= 11 is 0. The van der Waals surface area contributed by atoms with E-state index in [1.165, 1.54) is 0 Å². The molecule has 0 saturated carbocycles. The standard InChI is InChI=1S/C17H16O2/c1-17(14-3-6-15(18)7-4-14)9-8-12-10-16(19)5-2-13(12)11-17/h2-7,10,18-19H,8-9H2,1H3. The summed E-state index contributed by atoms with van der Waals surface area (Å²) in [7, 11) is 0. The number of rotatable bonds is 1. The molecule has 1 aliphatic carbocycles. The van der Waals surface area contributed by atoms with E-state index in [-0.39, 0.29) is 11.2 Å². The molecule has 19 heavy (non-hydrogen) atoms. The topological polar surface area (TPSA) is 40.5 Å². The van der Waals surface area contributed by atoms with Crippen molar-refractivity contribution < 1.29 is 10.2 Å². The molecule has 0 saturated heterocycles. The second-order valence-electron chi connectivity index (χ2n) is 5.35. The molecule has 0 heterocycles. The highest BCUT2D eigenvalue weighted by atomic mass is 16.3. The largest absolute Gasteiger partial charge is 0.508 e. The van der Waals surface area contributed by atoms with Crippen LogP contribution in [0.5, 0.6) is 11.5 Å². The summed E-state index contributed by atoms with van der Waals surface area (Å²) in [4.78, 5) is 0. The van der Waals surface area contributed by atoms with Crippen molar-refractivity contribution in [1.82, 2.24) is 0 Å². The highest BCUT2D eigenvalue weighted by molar-refractivity contribution is 5.47. The van der Waals surface area contributed by atoms with Gasteiger partial charge in [-0.3, -0.25) is 0 Å². The SMILES string of the molecule is CC1(c2ccc(O)cc2)[C]c2ccc(O)cc2CC1. The molecule has 2 aromatic rings. The molecule has 2 aromatic carbocycles. The van der Waals surface area contributed by atoms with Crippen molar-refractivity contribution >= 4 is 0 Å². The molecule has 2 heteroatoms. The second-order valence-corrected chi connectivity index (χ2v) is 5.35. The van der Waals surface area contributed by atoms with Crippen LogP contribution in [-0.4, -0.2) is 10.2 Å². The maximum atomic E-state index is 9.51. The quantitative estimate of drug-likeness (QED) is 0.816. The zero-order chi connectivity index (χ0) is 13.5. The Bertz CT molecular complexity index is 601. The van der Waals surface area contributed by atoms with E-state index < -0.39 is 0 Å². The number of benzene rings is 2. The van der Waals surface area contributed by atoms with Gasteiger partial charge in [-0.2, -0.15) is 0 Å². The minimum Gasteiger partial charge on any atom is -0.508 e. The molecule has 0 aromatic heterocycles. The van der Waals surface area contributed by atoms with Gasteiger partial charge in [-0.1, -0.05) is 25.1 Å². The lowest BCUT2D eigenvalue weighted by molar-refractivity contribution is 0.462. The molecule has 1 aliphatic rings. The van der Waals surface area contributed by atoms with Crippen LogP contribution in [0, 0.1) is 6.42 Å². The molecular formula is C17H16O2. The van der Waals surface area contributed by atoms with Crippen molar-refractivity contribution in [3.63, 3.8) is 0 Å². The van der Waals surface area contributed by atoms with Gasteiger partial charge in [0.05, 0.1) is 0 Å². The van der Waals surface area contributed by atoms with Crippen molar-refractivity contribution in [2.24, 2.45) is 0 Å². The van der Waals surface area contributed by atoms with Gasteiger partial charge in [-0.25, -0.2) is 0 Å². The van der Waals surface area contributed by atoms with Crippen LogP contribution in [0.3, 0.4) is 0 Å². The molecular weight excluding hydrogens is 236 g/mol. The summed E-state index contributed by atoms with van der Waals surface area (Å²) in [5.41, 5.74) is 3.23. The van der Waals surface area contributed by atoms with Crippen LogP contribution < -0.4 is 0 Å². The first-order valence-electron chi connectivity index (χ1n) is 6.46. The Morgan fingerprint density at radius 1 is 1.00 bits per heavy atom. The number of fused-ring (bicyclic) bond motifs is 1. The Balaban J connectivity index is 1.95. The van der Waals surface area contributed by atoms with Crippen LogP contribution in [0.2, 0.25) is 0 Å². The fourth-order valence-electron chi connectivity index (χ4n) is 2.70. The van der Waals surface area contributed by atoms with E-state index in [4.69, 9.17) is 0 Å². The zero-order valence-electron chi connectivity index (χ0n) is 10.9. The molecule has 2 N–H and O–H groups in total. The first-order chi connectivity index (χ1) is 9.07. The Labute approximate surface area is 113 Å². The van der Waals surface area contributed by atoms with Gasteiger partial charge in [-0.15, -0.1) is 0 Å². The third-order valence-electron chi connectivity index (χ3n) is 3.90. The van der Waals surface area contributed by atoms with Crippen molar-refractivity contribution in [2.75, 3.05) is 0 Å². The summed E-state index contributed by atoms with van der Waals surface area (Å²) in [6.07, 6.45) is 5.42. The summed E-state index contributed by atoms with van der Waals surface area (Å²) < 4.78 is 0. The molecule has 96 valence electrons. The fraction of sp³-hybridized carbons (Fsp3) is 0.235. The fourth-order valence-corrected chi connectivity index (χ4v) is 2.70. The minimum absolute atomic E-state index is 0.141. The normalized spacial score (nSPS) is 21.9. The van der Waals surface area contributed by atoms with E-state index in [9.17, 15) is 10.2 Å². The van der Waals surface area contributed by atoms with Gasteiger partial charge in [0, 0.05) is 11.8 Å². The van der Waals surface area contributed by atoms with Gasteiger partial charge in [0.15, 0.2) is 0 Å². The lowest BCUT2D eigenvalue weighted by atomic mass is 9.69. The van der Waals surface area contributed by atoms with Crippen LogP contribution >= 0.6 is 0 Å². The monoisotopic (exact) mass is 252 g/mol. The highest BCUT2D eigenvalue weighted by Gasteiger charge is 2.32. The van der Waals surface area contributed by atoms with Crippen LogP contribution in [0.4, 0.5) is 0 Å². The minimum atomic E-state index is -0.141. The zero-order valence-corrected chi connectivity index (χ0v) is 10.9. The maximum Gasteiger partial charge on any atom is 0.115 e. The van der Waals surface area contributed by atoms with Crippen LogP contribution in [-0.2, 0) is 11.8 Å². The third kappa shape index (κ3) is 2.19. The number of phenolic OH excluding ortho intramolecular Hbond substituents is 2. The second kappa shape index (κ2) is 4.30. The number of aromatic hydroxyl groups is 2. The Morgan fingerprint density at radius 3 is 2.42 bits per heavy atom. The van der Waals surface area contributed by atoms with Gasteiger partial charge in [0.25, 0.3) is 0 Å². The first kappa shape index (κ1) is 12.1. The van der Waals surface area contributed by atoms with E-state index in [1.807, 2.05) is 24.3 Å². The average Bonchev–Trinajstić information content (AvgIpc) is 2.40. The highest BCUT2D eigenvalue weighted by Crippen LogP contribution is 2.40. The van der Waals surface area contributed by atoms with E-state index >= 15 is 0 Å². The molecule has 2 nitrogen and oxygen atoms in total. The molecule has 0 fully saturated rings. The number of aryl methyl sites for hydroxylation is 1. The molecule has 1 unspecified atom stereocenters. The predicted octanol–water partition coefficient (Wildman–Crippen LogP) is 3.43. The number of hydrogen-bond donors (Lipinski definition) is 2. The van der Waals surface area contributed by atoms with Crippen molar-refractivity contribution in [3.05, 3.63) is 65.6 Å². The molecule has 0 spiro atoms. The summed E-state index contributed by atoms with van der Waals surface area (Å²) in [5, 5.41) is 18.9. The molecule has 1 atom stereocenters. The van der Waals surface area contributed by atoms with E-state index in [2.05, 4.69) is 13.3 Å². The Kier molecular flexibility index (Phi) is 2.74. The maximum absolute atomic E-state index is 9.51.